The van der Waals surface area contributed by atoms with Crippen LogP contribution < -0.4 is 21.3 Å². The Morgan fingerprint density at radius 3 is 2.65 bits per heavy atom. The maximum absolute atomic E-state index is 12.8. The van der Waals surface area contributed by atoms with Crippen molar-refractivity contribution in [2.45, 2.75) is 19.9 Å². The molecule has 1 aromatic carbocycles. The Bertz CT molecular complexity index is 1370. The van der Waals surface area contributed by atoms with Gasteiger partial charge in [0.2, 0.25) is 5.27 Å². The van der Waals surface area contributed by atoms with Gasteiger partial charge in [0.15, 0.2) is 6.04 Å². The third-order valence-electron chi connectivity index (χ3n) is 4.56. The third-order valence-corrected chi connectivity index (χ3v) is 5.90. The van der Waals surface area contributed by atoms with Crippen molar-refractivity contribution in [2.24, 2.45) is 4.99 Å². The number of hydrogen-bond acceptors (Lipinski definition) is 9. The van der Waals surface area contributed by atoms with Crippen LogP contribution in [-0.4, -0.2) is 16.2 Å². The van der Waals surface area contributed by atoms with Gasteiger partial charge in [-0.05, 0) is 36.2 Å². The maximum Gasteiger partial charge on any atom is 0.320 e. The van der Waals surface area contributed by atoms with E-state index in [4.69, 9.17) is 27.6 Å². The molecule has 9 nitrogen and oxygen atoms in total. The molecule has 3 heterocycles. The number of nitrogen functional groups attached to an aromatic ring is 2. The molecule has 0 aliphatic rings. The van der Waals surface area contributed by atoms with Crippen LogP contribution in [0.25, 0.3) is 21.3 Å². The van der Waals surface area contributed by atoms with Crippen LogP contribution in [0.15, 0.2) is 40.0 Å². The number of fused-ring (bicyclic) bond motifs is 1. The third kappa shape index (κ3) is 3.65. The van der Waals surface area contributed by atoms with E-state index in [-0.39, 0.29) is 33.9 Å². The lowest BCUT2D eigenvalue weighted by Crippen LogP contribution is -2.36. The van der Waals surface area contributed by atoms with Crippen LogP contribution in [0.2, 0.25) is 5.02 Å². The molecule has 0 bridgehead atoms. The zero-order valence-corrected chi connectivity index (χ0v) is 18.0. The Morgan fingerprint density at radius 1 is 1.32 bits per heavy atom. The summed E-state index contributed by atoms with van der Waals surface area (Å²) in [5.41, 5.74) is 13.9. The maximum atomic E-state index is 12.8. The Balaban J connectivity index is 1.92. The second kappa shape index (κ2) is 7.86. The topological polar surface area (TPSA) is 154 Å². The fraction of sp³-hybridized carbons (Fsp3) is 0.150. The molecule has 31 heavy (non-hydrogen) atoms. The first-order chi connectivity index (χ1) is 14.8. The number of nitriles is 1. The minimum Gasteiger partial charge on any atom is -0.857 e. The second-order valence-electron chi connectivity index (χ2n) is 6.92. The molecule has 0 amide bonds. The molecule has 4 rings (SSSR count). The predicted molar refractivity (Wildman–Crippen MR) is 117 cm³/mol. The van der Waals surface area contributed by atoms with E-state index < -0.39 is 5.90 Å². The minimum atomic E-state index is -0.605. The predicted octanol–water partition coefficient (Wildman–Crippen LogP) is 2.95. The first-order valence-corrected chi connectivity index (χ1v) is 10.3. The first-order valence-electron chi connectivity index (χ1n) is 9.11. The van der Waals surface area contributed by atoms with Crippen molar-refractivity contribution in [2.75, 3.05) is 11.5 Å². The molecule has 0 saturated carbocycles. The van der Waals surface area contributed by atoms with E-state index >= 15 is 0 Å². The molecule has 4 aromatic rings. The molecule has 0 atom stereocenters. The van der Waals surface area contributed by atoms with E-state index in [0.29, 0.717) is 26.4 Å². The average molecular weight is 454 g/mol. The highest BCUT2D eigenvalue weighted by Crippen LogP contribution is 2.42. The molecule has 0 aliphatic carbocycles. The van der Waals surface area contributed by atoms with Crippen LogP contribution in [0.5, 0.6) is 0 Å². The summed E-state index contributed by atoms with van der Waals surface area (Å²) in [6.07, 6.45) is 1.52. The summed E-state index contributed by atoms with van der Waals surface area (Å²) in [5, 5.41) is 27.3. The number of anilines is 2. The largest absolute Gasteiger partial charge is 0.857 e. The number of rotatable bonds is 4. The summed E-state index contributed by atoms with van der Waals surface area (Å²) in [7, 11) is 0. The van der Waals surface area contributed by atoms with Crippen molar-refractivity contribution in [1.82, 2.24) is 10.3 Å². The summed E-state index contributed by atoms with van der Waals surface area (Å²) >= 11 is 7.05. The summed E-state index contributed by atoms with van der Waals surface area (Å²) < 4.78 is 6.63. The smallest absolute Gasteiger partial charge is 0.320 e. The number of hydrogen-bond donors (Lipinski definition) is 2. The fourth-order valence-electron chi connectivity index (χ4n) is 3.04. The Morgan fingerprint density at radius 2 is 2.03 bits per heavy atom. The molecule has 0 aliphatic heterocycles. The van der Waals surface area contributed by atoms with Crippen LogP contribution >= 0.6 is 22.9 Å². The lowest BCUT2D eigenvalue weighted by atomic mass is 9.97. The van der Waals surface area contributed by atoms with Crippen LogP contribution in [0.4, 0.5) is 17.4 Å². The van der Waals surface area contributed by atoms with E-state index in [1.807, 2.05) is 13.8 Å². The molecule has 0 spiro atoms. The zero-order chi connectivity index (χ0) is 22.3. The fourth-order valence-corrected chi connectivity index (χ4v) is 4.16. The minimum absolute atomic E-state index is 0.0466. The number of nitrogens with zero attached hydrogens (tertiary/aromatic N) is 5. The molecular weight excluding hydrogens is 438 g/mol. The molecule has 3 aromatic heterocycles. The van der Waals surface area contributed by atoms with Gasteiger partial charge in [-0.15, -0.1) is 11.3 Å². The molecule has 0 fully saturated rings. The number of benzene rings is 1. The van der Waals surface area contributed by atoms with Crippen LogP contribution in [0, 0.1) is 11.3 Å². The van der Waals surface area contributed by atoms with Crippen molar-refractivity contribution in [1.29, 1.82) is 5.26 Å². The normalized spacial score (nSPS) is 11.9. The van der Waals surface area contributed by atoms with Gasteiger partial charge in [0.25, 0.3) is 6.20 Å². The van der Waals surface area contributed by atoms with Crippen LogP contribution in [0.1, 0.15) is 30.3 Å². The molecule has 0 saturated heterocycles. The van der Waals surface area contributed by atoms with Crippen molar-refractivity contribution in [3.63, 3.8) is 0 Å². The van der Waals surface area contributed by atoms with Gasteiger partial charge in [0, 0.05) is 21.9 Å². The number of pyridine rings is 1. The van der Waals surface area contributed by atoms with E-state index in [0.717, 1.165) is 11.3 Å². The zero-order valence-electron chi connectivity index (χ0n) is 16.5. The van der Waals surface area contributed by atoms with Crippen molar-refractivity contribution >= 4 is 56.4 Å². The van der Waals surface area contributed by atoms with Gasteiger partial charge >= 0.3 is 5.88 Å². The van der Waals surface area contributed by atoms with E-state index in [1.165, 1.54) is 6.20 Å². The lowest BCUT2D eigenvalue weighted by Gasteiger charge is -2.10. The lowest BCUT2D eigenvalue weighted by molar-refractivity contribution is -0.779. The number of nitrogens with two attached hydrogens (primary N) is 2. The Hall–Kier alpha value is -3.68. The van der Waals surface area contributed by atoms with Gasteiger partial charge in [0.1, 0.15) is 22.3 Å². The Labute approximate surface area is 185 Å². The summed E-state index contributed by atoms with van der Waals surface area (Å²) in [6, 6.07) is 9.02. The number of aromatic nitrogens is 3. The van der Waals surface area contributed by atoms with E-state index in [2.05, 4.69) is 21.3 Å². The van der Waals surface area contributed by atoms with Gasteiger partial charge in [-0.2, -0.15) is 5.26 Å². The average Bonchev–Trinajstić information content (AvgIpc) is 3.32. The van der Waals surface area contributed by atoms with Gasteiger partial charge in [0.05, 0.1) is 10.6 Å². The first kappa shape index (κ1) is 20.6. The highest BCUT2D eigenvalue weighted by Gasteiger charge is 2.22. The van der Waals surface area contributed by atoms with Crippen LogP contribution in [0.3, 0.4) is 0 Å². The van der Waals surface area contributed by atoms with Gasteiger partial charge in [-0.1, -0.05) is 23.7 Å². The SMILES string of the molecule is CC(C)[n+]1cc(/N=C(\[O-])c2sc3nc(N)c(C#N)c(-c4ccc(Cl)cc4)c3c2N)on1. The quantitative estimate of drug-likeness (QED) is 0.273. The standard InChI is InChI=1S/C20H16ClN7O2S/c1-9(2)28-8-13(30-27-28)25-19(29)17-16(23)15-14(10-3-5-11(21)6-4-10)12(7-22)18(24)26-20(15)31-17/h3-6,8-9H,1-2H3,(H4-,23,24,25,26,27,29). The highest BCUT2D eigenvalue weighted by molar-refractivity contribution is 7.21. The van der Waals surface area contributed by atoms with Crippen molar-refractivity contribution in [3.05, 3.63) is 45.9 Å². The van der Waals surface area contributed by atoms with Crippen LogP contribution in [-0.2, 0) is 0 Å². The second-order valence-corrected chi connectivity index (χ2v) is 8.36. The Kier molecular flexibility index (Phi) is 5.22. The van der Waals surface area contributed by atoms with Crippen molar-refractivity contribution in [3.8, 4) is 17.2 Å². The van der Waals surface area contributed by atoms with Crippen molar-refractivity contribution < 1.29 is 14.3 Å². The monoisotopic (exact) mass is 453 g/mol. The summed E-state index contributed by atoms with van der Waals surface area (Å²) in [5.74, 6) is -0.504. The number of aliphatic imine (C=N–C) groups is 1. The summed E-state index contributed by atoms with van der Waals surface area (Å²) in [4.78, 5) is 8.84. The van der Waals surface area contributed by atoms with Gasteiger partial charge in [-0.3, -0.25) is 4.52 Å². The van der Waals surface area contributed by atoms with Gasteiger partial charge in [-0.25, -0.2) is 9.98 Å². The molecular formula is C20H16ClN7O2S. The molecule has 11 heteroatoms. The molecule has 0 radical (unpaired) electrons. The highest BCUT2D eigenvalue weighted by atomic mass is 35.5. The molecule has 0 unspecified atom stereocenters. The van der Waals surface area contributed by atoms with E-state index in [9.17, 15) is 10.4 Å². The molecule has 4 N–H and O–H groups in total. The number of thiophene rings is 1. The number of halogens is 1. The molecule has 156 valence electrons. The van der Waals surface area contributed by atoms with Gasteiger partial charge < -0.3 is 16.6 Å². The van der Waals surface area contributed by atoms with E-state index in [1.54, 1.807) is 28.9 Å². The summed E-state index contributed by atoms with van der Waals surface area (Å²) in [6.45, 7) is 3.83.